The zero-order valence-electron chi connectivity index (χ0n) is 15.1. The molecule has 11 nitrogen and oxygen atoms in total. The third kappa shape index (κ3) is 9.78. The van der Waals surface area contributed by atoms with Crippen molar-refractivity contribution in [1.29, 1.82) is 0 Å². The molecule has 0 radical (unpaired) electrons. The molecule has 0 fully saturated rings. The van der Waals surface area contributed by atoms with E-state index in [0.29, 0.717) is 0 Å². The summed E-state index contributed by atoms with van der Waals surface area (Å²) in [6, 6.07) is -0.964. The van der Waals surface area contributed by atoms with Crippen molar-refractivity contribution in [2.24, 2.45) is 23.3 Å². The summed E-state index contributed by atoms with van der Waals surface area (Å²) < 4.78 is 0. The summed E-state index contributed by atoms with van der Waals surface area (Å²) in [7, 11) is 0. The number of rotatable bonds is 14. The van der Waals surface area contributed by atoms with Crippen LogP contribution in [0.1, 0.15) is 32.6 Å². The molecule has 0 aromatic carbocycles. The standard InChI is InChI=1S/C16H27N3O8/c1-8(21)11(16(26)27)6-10(22)4-9(5-14(18)24)15(25)19-7-13(23)12(17)2-3-20/h8-9,11-12,20-21H,2-7,17H2,1H3,(H2,18,24)(H,19,25)(H,26,27)/t8?,9-,11-,12-/m0/s1. The van der Waals surface area contributed by atoms with Gasteiger partial charge in [-0.25, -0.2) is 0 Å². The van der Waals surface area contributed by atoms with Crippen molar-refractivity contribution in [3.63, 3.8) is 0 Å². The van der Waals surface area contributed by atoms with Gasteiger partial charge >= 0.3 is 5.97 Å². The van der Waals surface area contributed by atoms with Crippen LogP contribution >= 0.6 is 0 Å². The van der Waals surface area contributed by atoms with E-state index >= 15 is 0 Å². The van der Waals surface area contributed by atoms with Gasteiger partial charge in [-0.2, -0.15) is 0 Å². The van der Waals surface area contributed by atoms with Crippen LogP contribution in [0.3, 0.4) is 0 Å². The van der Waals surface area contributed by atoms with E-state index in [1.54, 1.807) is 0 Å². The smallest absolute Gasteiger partial charge is 0.309 e. The molecule has 27 heavy (non-hydrogen) atoms. The largest absolute Gasteiger partial charge is 0.481 e. The van der Waals surface area contributed by atoms with Gasteiger partial charge in [-0.1, -0.05) is 0 Å². The van der Waals surface area contributed by atoms with Crippen LogP contribution in [0.15, 0.2) is 0 Å². The molecule has 0 aliphatic rings. The molecule has 0 aliphatic heterocycles. The van der Waals surface area contributed by atoms with Crippen molar-refractivity contribution in [1.82, 2.24) is 5.32 Å². The summed E-state index contributed by atoms with van der Waals surface area (Å²) in [5, 5.41) is 29.4. The summed E-state index contributed by atoms with van der Waals surface area (Å²) in [6.07, 6.45) is -2.72. The Bertz CT molecular complexity index is 564. The predicted octanol–water partition coefficient (Wildman–Crippen LogP) is -2.70. The number of Topliss-reactive ketones (excluding diaryl/α,β-unsaturated/α-hetero) is 2. The molecule has 154 valence electrons. The summed E-state index contributed by atoms with van der Waals surface area (Å²) >= 11 is 0. The topological polar surface area (TPSA) is 210 Å². The molecule has 8 N–H and O–H groups in total. The number of hydrogen-bond acceptors (Lipinski definition) is 8. The van der Waals surface area contributed by atoms with Crippen LogP contribution in [0.4, 0.5) is 0 Å². The second kappa shape index (κ2) is 12.1. The molecule has 0 aromatic rings. The van der Waals surface area contributed by atoms with Crippen LogP contribution in [0.25, 0.3) is 0 Å². The van der Waals surface area contributed by atoms with Crippen molar-refractivity contribution in [2.75, 3.05) is 13.2 Å². The highest BCUT2D eigenvalue weighted by molar-refractivity contribution is 5.94. The lowest BCUT2D eigenvalue weighted by Crippen LogP contribution is -2.43. The highest BCUT2D eigenvalue weighted by Gasteiger charge is 2.30. The summed E-state index contributed by atoms with van der Waals surface area (Å²) in [4.78, 5) is 58.1. The molecule has 11 heteroatoms. The Morgan fingerprint density at radius 2 is 1.67 bits per heavy atom. The second-order valence-corrected chi connectivity index (χ2v) is 6.30. The number of aliphatic carboxylic acids is 1. The Morgan fingerprint density at radius 3 is 2.11 bits per heavy atom. The van der Waals surface area contributed by atoms with Crippen LogP contribution in [-0.2, 0) is 24.0 Å². The van der Waals surface area contributed by atoms with E-state index in [-0.39, 0.29) is 13.0 Å². The quantitative estimate of drug-likeness (QED) is 0.182. The van der Waals surface area contributed by atoms with E-state index in [1.807, 2.05) is 0 Å². The molecule has 0 saturated carbocycles. The van der Waals surface area contributed by atoms with Crippen LogP contribution in [-0.4, -0.2) is 70.0 Å². The number of nitrogens with one attached hydrogen (secondary N) is 1. The van der Waals surface area contributed by atoms with Gasteiger partial charge in [0.05, 0.1) is 30.5 Å². The number of carboxylic acid groups (broad SMARTS) is 1. The first-order chi connectivity index (χ1) is 12.5. The minimum atomic E-state index is -1.36. The molecule has 0 aromatic heterocycles. The first-order valence-electron chi connectivity index (χ1n) is 8.37. The average Bonchev–Trinajstić information content (AvgIpc) is 2.55. The molecule has 0 spiro atoms. The highest BCUT2D eigenvalue weighted by Crippen LogP contribution is 2.16. The van der Waals surface area contributed by atoms with Gasteiger partial charge in [0, 0.05) is 25.9 Å². The van der Waals surface area contributed by atoms with Gasteiger partial charge in [0.2, 0.25) is 11.8 Å². The Hall–Kier alpha value is -2.37. The Labute approximate surface area is 156 Å². The van der Waals surface area contributed by atoms with Gasteiger partial charge in [0.15, 0.2) is 5.78 Å². The Morgan fingerprint density at radius 1 is 1.07 bits per heavy atom. The van der Waals surface area contributed by atoms with E-state index in [9.17, 15) is 29.1 Å². The fraction of sp³-hybridized carbons (Fsp3) is 0.688. The number of nitrogens with two attached hydrogens (primary N) is 2. The lowest BCUT2D eigenvalue weighted by molar-refractivity contribution is -0.147. The molecule has 0 heterocycles. The van der Waals surface area contributed by atoms with E-state index in [2.05, 4.69) is 5.32 Å². The Balaban J connectivity index is 4.88. The molecule has 0 rings (SSSR count). The van der Waals surface area contributed by atoms with Crippen molar-refractivity contribution in [2.45, 2.75) is 44.8 Å². The van der Waals surface area contributed by atoms with Gasteiger partial charge in [0.25, 0.3) is 0 Å². The summed E-state index contributed by atoms with van der Waals surface area (Å²) in [5.41, 5.74) is 10.6. The number of carbonyl (C=O) groups excluding carboxylic acids is 4. The molecular formula is C16H27N3O8. The van der Waals surface area contributed by atoms with Crippen molar-refractivity contribution >= 4 is 29.4 Å². The maximum absolute atomic E-state index is 12.2. The maximum atomic E-state index is 12.2. The SMILES string of the molecule is CC(O)[C@H](CC(=O)C[C@@H](CC(N)=O)C(=O)NCC(=O)[C@@H](N)CCO)C(=O)O. The van der Waals surface area contributed by atoms with Gasteiger partial charge < -0.3 is 32.1 Å². The third-order valence-corrected chi connectivity index (χ3v) is 3.93. The van der Waals surface area contributed by atoms with Crippen LogP contribution in [0, 0.1) is 11.8 Å². The van der Waals surface area contributed by atoms with Crippen LogP contribution < -0.4 is 16.8 Å². The fourth-order valence-electron chi connectivity index (χ4n) is 2.32. The number of amides is 2. The van der Waals surface area contributed by atoms with Crippen LogP contribution in [0.5, 0.6) is 0 Å². The normalized spacial score (nSPS) is 15.3. The number of carbonyl (C=O) groups is 5. The van der Waals surface area contributed by atoms with E-state index in [0.717, 1.165) is 0 Å². The first kappa shape index (κ1) is 24.6. The zero-order chi connectivity index (χ0) is 21.1. The third-order valence-electron chi connectivity index (χ3n) is 3.93. The number of aliphatic hydroxyl groups is 2. The molecular weight excluding hydrogens is 362 g/mol. The molecule has 2 amide bonds. The van der Waals surface area contributed by atoms with Crippen molar-refractivity contribution < 1.29 is 39.3 Å². The molecule has 0 saturated heterocycles. The number of aliphatic hydroxyl groups excluding tert-OH is 2. The number of carboxylic acids is 1. The van der Waals surface area contributed by atoms with Gasteiger partial charge in [-0.05, 0) is 13.3 Å². The first-order valence-corrected chi connectivity index (χ1v) is 8.37. The van der Waals surface area contributed by atoms with E-state index < -0.39 is 79.1 Å². The van der Waals surface area contributed by atoms with Crippen LogP contribution in [0.2, 0.25) is 0 Å². The monoisotopic (exact) mass is 389 g/mol. The predicted molar refractivity (Wildman–Crippen MR) is 92.0 cm³/mol. The minimum Gasteiger partial charge on any atom is -0.481 e. The summed E-state index contributed by atoms with van der Waals surface area (Å²) in [5.74, 6) is -6.70. The second-order valence-electron chi connectivity index (χ2n) is 6.30. The number of primary amides is 1. The number of ketones is 2. The average molecular weight is 389 g/mol. The Kier molecular flexibility index (Phi) is 11.0. The van der Waals surface area contributed by atoms with Crippen molar-refractivity contribution in [3.05, 3.63) is 0 Å². The summed E-state index contributed by atoms with van der Waals surface area (Å²) in [6.45, 7) is 0.476. The van der Waals surface area contributed by atoms with Crippen molar-refractivity contribution in [3.8, 4) is 0 Å². The maximum Gasteiger partial charge on any atom is 0.309 e. The van der Waals surface area contributed by atoms with E-state index in [1.165, 1.54) is 6.92 Å². The minimum absolute atomic E-state index is 0.0217. The highest BCUT2D eigenvalue weighted by atomic mass is 16.4. The lowest BCUT2D eigenvalue weighted by atomic mass is 9.90. The molecule has 1 unspecified atom stereocenters. The number of hydrogen-bond donors (Lipinski definition) is 6. The molecule has 0 bridgehead atoms. The van der Waals surface area contributed by atoms with E-state index in [4.69, 9.17) is 21.7 Å². The zero-order valence-corrected chi connectivity index (χ0v) is 15.1. The molecule has 4 atom stereocenters. The lowest BCUT2D eigenvalue weighted by Gasteiger charge is -2.18. The van der Waals surface area contributed by atoms with Gasteiger partial charge in [-0.15, -0.1) is 0 Å². The fourth-order valence-corrected chi connectivity index (χ4v) is 2.32. The van der Waals surface area contributed by atoms with Gasteiger partial charge in [0.1, 0.15) is 5.78 Å². The van der Waals surface area contributed by atoms with Gasteiger partial charge in [-0.3, -0.25) is 24.0 Å². The molecule has 0 aliphatic carbocycles.